The maximum Gasteiger partial charge on any atom is 0.326 e. The standard InChI is InChI=1S/C42H42N6O9/c49-37(46-34(40(52)53)16-25-19-43-31-10-4-1-7-28(25)31)22-13-23(38(50)47-35(41(54)55)17-26-20-44-32-11-5-2-8-29(26)32)15-24(14-22)39(51)48-36(42(56)57)18-27-21-45-33-12-6-3-9-30(27)33/h1-12,19-24,34-36,43-45H,13-18H2,(H,46,49)(H,47,50)(H,48,51)(H,52,53)(H,54,55)(H,56,57)/t22?,23?,24?,34-,35-,36-/m0/s1. The number of hydrogen-bond donors (Lipinski definition) is 9. The number of carboxylic acids is 3. The molecule has 7 rings (SSSR count). The summed E-state index contributed by atoms with van der Waals surface area (Å²) in [4.78, 5) is 88.4. The third-order valence-electron chi connectivity index (χ3n) is 11.0. The van der Waals surface area contributed by atoms with Crippen molar-refractivity contribution < 1.29 is 44.1 Å². The predicted octanol–water partition coefficient (Wildman–Crippen LogP) is 3.90. The van der Waals surface area contributed by atoms with Crippen molar-refractivity contribution in [3.05, 3.63) is 108 Å². The highest BCUT2D eigenvalue weighted by atomic mass is 16.4. The molecule has 0 unspecified atom stereocenters. The first-order chi connectivity index (χ1) is 27.4. The van der Waals surface area contributed by atoms with Gasteiger partial charge in [0.25, 0.3) is 0 Å². The summed E-state index contributed by atoms with van der Waals surface area (Å²) in [6.45, 7) is 0. The number of amides is 3. The van der Waals surface area contributed by atoms with Gasteiger partial charge in [-0.1, -0.05) is 54.6 Å². The molecule has 15 heteroatoms. The molecule has 1 saturated carbocycles. The number of rotatable bonds is 15. The summed E-state index contributed by atoms with van der Waals surface area (Å²) < 4.78 is 0. The van der Waals surface area contributed by atoms with Gasteiger partial charge in [-0.25, -0.2) is 14.4 Å². The molecule has 3 heterocycles. The molecule has 3 aromatic carbocycles. The van der Waals surface area contributed by atoms with Crippen LogP contribution in [0.4, 0.5) is 0 Å². The number of carbonyl (C=O) groups excluding carboxylic acids is 3. The zero-order valence-corrected chi connectivity index (χ0v) is 30.7. The number of aromatic amines is 3. The molecule has 3 amide bonds. The Morgan fingerprint density at radius 1 is 0.474 bits per heavy atom. The first kappa shape index (κ1) is 38.4. The van der Waals surface area contributed by atoms with Crippen LogP contribution in [0.5, 0.6) is 0 Å². The Morgan fingerprint density at radius 3 is 1.00 bits per heavy atom. The number of nitrogens with one attached hydrogen (secondary N) is 6. The number of carbonyl (C=O) groups is 6. The lowest BCUT2D eigenvalue weighted by molar-refractivity contribution is -0.146. The van der Waals surface area contributed by atoms with Crippen molar-refractivity contribution in [2.45, 2.75) is 56.7 Å². The highest BCUT2D eigenvalue weighted by molar-refractivity contribution is 5.92. The Labute approximate surface area is 325 Å². The number of hydrogen-bond acceptors (Lipinski definition) is 6. The fraction of sp³-hybridized carbons (Fsp3) is 0.286. The Bertz CT molecular complexity index is 2210. The van der Waals surface area contributed by atoms with E-state index >= 15 is 0 Å². The zero-order chi connectivity index (χ0) is 40.2. The molecule has 0 radical (unpaired) electrons. The van der Waals surface area contributed by atoms with E-state index in [4.69, 9.17) is 0 Å². The summed E-state index contributed by atoms with van der Waals surface area (Å²) in [7, 11) is 0. The van der Waals surface area contributed by atoms with E-state index < -0.39 is 71.5 Å². The maximum atomic E-state index is 13.9. The van der Waals surface area contributed by atoms with Crippen molar-refractivity contribution in [3.8, 4) is 0 Å². The summed E-state index contributed by atoms with van der Waals surface area (Å²) in [5.41, 5.74) is 4.40. The number of para-hydroxylation sites is 3. The van der Waals surface area contributed by atoms with Gasteiger partial charge in [-0.05, 0) is 54.2 Å². The Hall–Kier alpha value is -6.90. The first-order valence-electron chi connectivity index (χ1n) is 18.7. The molecule has 1 aliphatic carbocycles. The second-order valence-corrected chi connectivity index (χ2v) is 14.7. The Morgan fingerprint density at radius 2 is 0.737 bits per heavy atom. The number of fused-ring (bicyclic) bond motifs is 3. The van der Waals surface area contributed by atoms with E-state index in [9.17, 15) is 44.1 Å². The van der Waals surface area contributed by atoms with Crippen LogP contribution in [0.3, 0.4) is 0 Å². The molecule has 57 heavy (non-hydrogen) atoms. The fourth-order valence-corrected chi connectivity index (χ4v) is 7.99. The van der Waals surface area contributed by atoms with E-state index in [0.717, 1.165) is 32.7 Å². The molecule has 3 aromatic heterocycles. The molecule has 15 nitrogen and oxygen atoms in total. The van der Waals surface area contributed by atoms with Gasteiger partial charge in [-0.15, -0.1) is 0 Å². The summed E-state index contributed by atoms with van der Waals surface area (Å²) in [6, 6.07) is 17.9. The van der Waals surface area contributed by atoms with Crippen LogP contribution in [-0.4, -0.2) is 84.0 Å². The normalized spacial score (nSPS) is 18.4. The minimum absolute atomic E-state index is 0.0477. The van der Waals surface area contributed by atoms with Crippen molar-refractivity contribution >= 4 is 68.3 Å². The average molecular weight is 775 g/mol. The molecular formula is C42H42N6O9. The second kappa shape index (κ2) is 16.5. The van der Waals surface area contributed by atoms with E-state index in [-0.39, 0.29) is 38.5 Å². The van der Waals surface area contributed by atoms with Gasteiger partial charge in [0.05, 0.1) is 0 Å². The van der Waals surface area contributed by atoms with Crippen LogP contribution in [0.1, 0.15) is 36.0 Å². The lowest BCUT2D eigenvalue weighted by Crippen LogP contribution is -2.52. The predicted molar refractivity (Wildman–Crippen MR) is 209 cm³/mol. The number of aliphatic carboxylic acids is 3. The van der Waals surface area contributed by atoms with Crippen molar-refractivity contribution in [1.82, 2.24) is 30.9 Å². The van der Waals surface area contributed by atoms with Gasteiger partial charge >= 0.3 is 17.9 Å². The molecule has 3 atom stereocenters. The van der Waals surface area contributed by atoms with Crippen LogP contribution < -0.4 is 16.0 Å². The smallest absolute Gasteiger partial charge is 0.326 e. The lowest BCUT2D eigenvalue weighted by atomic mass is 9.73. The van der Waals surface area contributed by atoms with Crippen molar-refractivity contribution in [1.29, 1.82) is 0 Å². The summed E-state index contributed by atoms with van der Waals surface area (Å²) in [6.07, 6.45) is 4.60. The molecule has 294 valence electrons. The molecule has 9 N–H and O–H groups in total. The van der Waals surface area contributed by atoms with Crippen molar-refractivity contribution in [2.24, 2.45) is 17.8 Å². The van der Waals surface area contributed by atoms with Crippen LogP contribution in [0, 0.1) is 17.8 Å². The number of aromatic nitrogens is 3. The first-order valence-corrected chi connectivity index (χ1v) is 18.7. The van der Waals surface area contributed by atoms with Crippen molar-refractivity contribution in [2.75, 3.05) is 0 Å². The van der Waals surface area contributed by atoms with Crippen LogP contribution in [0.2, 0.25) is 0 Å². The summed E-state index contributed by atoms with van der Waals surface area (Å²) in [5.74, 6) is -9.04. The second-order valence-electron chi connectivity index (χ2n) is 14.7. The molecule has 0 saturated heterocycles. The van der Waals surface area contributed by atoms with E-state index in [1.54, 1.807) is 18.6 Å². The van der Waals surface area contributed by atoms with E-state index in [2.05, 4.69) is 30.9 Å². The van der Waals surface area contributed by atoms with Crippen LogP contribution in [0.15, 0.2) is 91.4 Å². The largest absolute Gasteiger partial charge is 0.480 e. The number of H-pyrrole nitrogens is 3. The highest BCUT2D eigenvalue weighted by Crippen LogP contribution is 2.35. The molecule has 0 aliphatic heterocycles. The quantitative estimate of drug-likeness (QED) is 0.0733. The molecule has 6 aromatic rings. The third kappa shape index (κ3) is 8.52. The van der Waals surface area contributed by atoms with Crippen LogP contribution in [0.25, 0.3) is 32.7 Å². The summed E-state index contributed by atoms with van der Waals surface area (Å²) in [5, 5.41) is 40.7. The third-order valence-corrected chi connectivity index (χ3v) is 11.0. The number of benzene rings is 3. The lowest BCUT2D eigenvalue weighted by Gasteiger charge is -2.34. The zero-order valence-electron chi connectivity index (χ0n) is 30.7. The monoisotopic (exact) mass is 774 g/mol. The van der Waals surface area contributed by atoms with E-state index in [1.807, 2.05) is 72.8 Å². The highest BCUT2D eigenvalue weighted by Gasteiger charge is 2.41. The van der Waals surface area contributed by atoms with Gasteiger partial charge < -0.3 is 46.2 Å². The average Bonchev–Trinajstić information content (AvgIpc) is 3.94. The molecule has 1 aliphatic rings. The van der Waals surface area contributed by atoms with Gasteiger partial charge in [0.1, 0.15) is 18.1 Å². The Balaban J connectivity index is 1.11. The minimum atomic E-state index is -1.35. The van der Waals surface area contributed by atoms with Gasteiger partial charge in [0, 0.05) is 88.3 Å². The molecule has 0 bridgehead atoms. The van der Waals surface area contributed by atoms with Crippen molar-refractivity contribution in [3.63, 3.8) is 0 Å². The SMILES string of the molecule is O=C(N[C@@H](Cc1c[nH]c2ccccc12)C(=O)O)C1CC(C(=O)N[C@@H](Cc2c[nH]c3ccccc23)C(=O)O)CC(C(=O)N[C@@H](Cc2c[nH]c3ccccc23)C(=O)O)C1. The van der Waals surface area contributed by atoms with Crippen LogP contribution >= 0.6 is 0 Å². The fourth-order valence-electron chi connectivity index (χ4n) is 7.99. The van der Waals surface area contributed by atoms with Crippen LogP contribution in [-0.2, 0) is 48.0 Å². The molecular weight excluding hydrogens is 732 g/mol. The number of carboxylic acid groups (broad SMARTS) is 3. The van der Waals surface area contributed by atoms with Gasteiger partial charge in [0.2, 0.25) is 17.7 Å². The maximum absolute atomic E-state index is 13.9. The van der Waals surface area contributed by atoms with Gasteiger partial charge in [0.15, 0.2) is 0 Å². The Kier molecular flexibility index (Phi) is 11.1. The summed E-state index contributed by atoms with van der Waals surface area (Å²) >= 11 is 0. The van der Waals surface area contributed by atoms with Gasteiger partial charge in [-0.2, -0.15) is 0 Å². The topological polar surface area (TPSA) is 247 Å². The molecule has 0 spiro atoms. The molecule has 1 fully saturated rings. The van der Waals surface area contributed by atoms with Gasteiger partial charge in [-0.3, -0.25) is 14.4 Å². The van der Waals surface area contributed by atoms with E-state index in [0.29, 0.717) is 16.7 Å². The van der Waals surface area contributed by atoms with E-state index in [1.165, 1.54) is 0 Å². The minimum Gasteiger partial charge on any atom is -0.480 e.